The van der Waals surface area contributed by atoms with Gasteiger partial charge in [0.05, 0.1) is 0 Å². The standard InChI is InChI=1S/C17H22F2N2O2.ClH/c1-11(20)15-4-2-3-9-21(15)17(23)8-7-16(22)12-5-6-13(18)14(19)10-12;/h5-6,10-11,15H,2-4,7-9,20H2,1H3;1H. The Bertz CT molecular complexity index is 596. The normalized spacial score (nSPS) is 18.7. The van der Waals surface area contributed by atoms with Gasteiger partial charge in [0.2, 0.25) is 5.91 Å². The van der Waals surface area contributed by atoms with E-state index in [1.165, 1.54) is 6.07 Å². The molecule has 2 N–H and O–H groups in total. The average molecular weight is 361 g/mol. The van der Waals surface area contributed by atoms with Crippen LogP contribution in [0.1, 0.15) is 49.4 Å². The van der Waals surface area contributed by atoms with Gasteiger partial charge >= 0.3 is 0 Å². The molecule has 1 fully saturated rings. The van der Waals surface area contributed by atoms with Gasteiger partial charge in [-0.2, -0.15) is 0 Å². The van der Waals surface area contributed by atoms with Crippen LogP contribution in [-0.2, 0) is 4.79 Å². The predicted octanol–water partition coefficient (Wildman–Crippen LogP) is 3.08. The highest BCUT2D eigenvalue weighted by Crippen LogP contribution is 2.21. The van der Waals surface area contributed by atoms with Crippen LogP contribution >= 0.6 is 12.4 Å². The fourth-order valence-corrected chi connectivity index (χ4v) is 2.99. The number of likely N-dealkylation sites (tertiary alicyclic amines) is 1. The summed E-state index contributed by atoms with van der Waals surface area (Å²) in [5.41, 5.74) is 6.02. The lowest BCUT2D eigenvalue weighted by Gasteiger charge is -2.38. The maximum absolute atomic E-state index is 13.2. The smallest absolute Gasteiger partial charge is 0.223 e. The highest BCUT2D eigenvalue weighted by atomic mass is 35.5. The highest BCUT2D eigenvalue weighted by molar-refractivity contribution is 5.98. The summed E-state index contributed by atoms with van der Waals surface area (Å²) < 4.78 is 26.0. The van der Waals surface area contributed by atoms with Crippen molar-refractivity contribution in [2.45, 2.75) is 51.1 Å². The van der Waals surface area contributed by atoms with Crippen molar-refractivity contribution in [3.8, 4) is 0 Å². The molecule has 2 unspecified atom stereocenters. The zero-order chi connectivity index (χ0) is 17.0. The lowest BCUT2D eigenvalue weighted by Crippen LogP contribution is -2.51. The largest absolute Gasteiger partial charge is 0.338 e. The molecule has 0 radical (unpaired) electrons. The molecule has 1 aliphatic rings. The van der Waals surface area contributed by atoms with E-state index in [0.717, 1.165) is 31.4 Å². The van der Waals surface area contributed by atoms with E-state index in [0.29, 0.717) is 6.54 Å². The van der Waals surface area contributed by atoms with Crippen LogP contribution in [0.15, 0.2) is 18.2 Å². The van der Waals surface area contributed by atoms with Crippen molar-refractivity contribution in [1.29, 1.82) is 0 Å². The number of rotatable bonds is 5. The van der Waals surface area contributed by atoms with Crippen LogP contribution in [0, 0.1) is 11.6 Å². The van der Waals surface area contributed by atoms with Crippen LogP contribution in [-0.4, -0.2) is 35.2 Å². The number of carbonyl (C=O) groups excluding carboxylic acids is 2. The van der Waals surface area contributed by atoms with Crippen molar-refractivity contribution >= 4 is 24.1 Å². The molecule has 1 amide bonds. The van der Waals surface area contributed by atoms with E-state index in [1.807, 2.05) is 6.92 Å². The number of carbonyl (C=O) groups is 2. The Hall–Kier alpha value is -1.53. The van der Waals surface area contributed by atoms with Gasteiger partial charge in [-0.15, -0.1) is 12.4 Å². The Labute approximate surface area is 146 Å². The SMILES string of the molecule is CC(N)C1CCCCN1C(=O)CCC(=O)c1ccc(F)c(F)c1.Cl. The van der Waals surface area contributed by atoms with Gasteiger partial charge in [0.25, 0.3) is 0 Å². The molecule has 134 valence electrons. The summed E-state index contributed by atoms with van der Waals surface area (Å²) in [4.78, 5) is 26.1. The van der Waals surface area contributed by atoms with Gasteiger partial charge < -0.3 is 10.6 Å². The van der Waals surface area contributed by atoms with Crippen molar-refractivity contribution in [2.75, 3.05) is 6.54 Å². The Kier molecular flexibility index (Phi) is 7.76. The lowest BCUT2D eigenvalue weighted by atomic mass is 9.96. The maximum atomic E-state index is 13.2. The summed E-state index contributed by atoms with van der Waals surface area (Å²) in [5, 5.41) is 0. The number of benzene rings is 1. The topological polar surface area (TPSA) is 63.4 Å². The van der Waals surface area contributed by atoms with Crippen molar-refractivity contribution in [1.82, 2.24) is 4.90 Å². The molecule has 0 aliphatic carbocycles. The average Bonchev–Trinajstić information content (AvgIpc) is 2.54. The molecular weight excluding hydrogens is 338 g/mol. The van der Waals surface area contributed by atoms with Gasteiger partial charge in [0.1, 0.15) is 0 Å². The van der Waals surface area contributed by atoms with Crippen molar-refractivity contribution < 1.29 is 18.4 Å². The summed E-state index contributed by atoms with van der Waals surface area (Å²) >= 11 is 0. The molecule has 0 spiro atoms. The molecule has 4 nitrogen and oxygen atoms in total. The summed E-state index contributed by atoms with van der Waals surface area (Å²) in [5.74, 6) is -2.53. The molecule has 0 saturated carbocycles. The van der Waals surface area contributed by atoms with E-state index in [4.69, 9.17) is 5.73 Å². The second-order valence-corrected chi connectivity index (χ2v) is 6.06. The zero-order valence-electron chi connectivity index (χ0n) is 13.6. The lowest BCUT2D eigenvalue weighted by molar-refractivity contribution is -0.135. The zero-order valence-corrected chi connectivity index (χ0v) is 14.5. The van der Waals surface area contributed by atoms with E-state index < -0.39 is 11.6 Å². The van der Waals surface area contributed by atoms with Gasteiger partial charge in [-0.3, -0.25) is 9.59 Å². The number of hydrogen-bond donors (Lipinski definition) is 1. The number of Topliss-reactive ketones (excluding diaryl/α,β-unsaturated/α-hetero) is 1. The fourth-order valence-electron chi connectivity index (χ4n) is 2.99. The number of amides is 1. The summed E-state index contributed by atoms with van der Waals surface area (Å²) in [6.45, 7) is 2.53. The third kappa shape index (κ3) is 4.98. The summed E-state index contributed by atoms with van der Waals surface area (Å²) in [6.07, 6.45) is 2.89. The second kappa shape index (κ2) is 9.08. The van der Waals surface area contributed by atoms with Crippen LogP contribution in [0.25, 0.3) is 0 Å². The van der Waals surface area contributed by atoms with Crippen LogP contribution in [0.4, 0.5) is 8.78 Å². The molecule has 0 aromatic heterocycles. The molecule has 2 atom stereocenters. The molecule has 1 aromatic carbocycles. The molecule has 1 saturated heterocycles. The Morgan fingerprint density at radius 2 is 1.96 bits per heavy atom. The molecule has 7 heteroatoms. The summed E-state index contributed by atoms with van der Waals surface area (Å²) in [7, 11) is 0. The molecule has 2 rings (SSSR count). The first kappa shape index (κ1) is 20.5. The minimum Gasteiger partial charge on any atom is -0.338 e. The van der Waals surface area contributed by atoms with Crippen LogP contribution in [0.3, 0.4) is 0 Å². The molecule has 1 heterocycles. The van der Waals surface area contributed by atoms with Crippen LogP contribution in [0.5, 0.6) is 0 Å². The van der Waals surface area contributed by atoms with Crippen LogP contribution < -0.4 is 5.73 Å². The third-order valence-electron chi connectivity index (χ3n) is 4.28. The Morgan fingerprint density at radius 3 is 2.58 bits per heavy atom. The van der Waals surface area contributed by atoms with Crippen molar-refractivity contribution in [2.24, 2.45) is 5.73 Å². The van der Waals surface area contributed by atoms with Gasteiger partial charge in [-0.25, -0.2) is 8.78 Å². The first-order valence-electron chi connectivity index (χ1n) is 7.93. The minimum absolute atomic E-state index is 0. The van der Waals surface area contributed by atoms with Gasteiger partial charge in [0.15, 0.2) is 17.4 Å². The van der Waals surface area contributed by atoms with E-state index >= 15 is 0 Å². The van der Waals surface area contributed by atoms with E-state index in [-0.39, 0.29) is 54.6 Å². The van der Waals surface area contributed by atoms with Gasteiger partial charge in [-0.1, -0.05) is 0 Å². The van der Waals surface area contributed by atoms with Gasteiger partial charge in [-0.05, 0) is 44.4 Å². The molecule has 0 bridgehead atoms. The second-order valence-electron chi connectivity index (χ2n) is 6.06. The summed E-state index contributed by atoms with van der Waals surface area (Å²) in [6, 6.07) is 2.92. The molecule has 24 heavy (non-hydrogen) atoms. The first-order chi connectivity index (χ1) is 10.9. The number of nitrogens with zero attached hydrogens (tertiary/aromatic N) is 1. The number of ketones is 1. The third-order valence-corrected chi connectivity index (χ3v) is 4.28. The number of nitrogens with two attached hydrogens (primary N) is 1. The fraction of sp³-hybridized carbons (Fsp3) is 0.529. The van der Waals surface area contributed by atoms with E-state index in [9.17, 15) is 18.4 Å². The molecule has 1 aromatic rings. The van der Waals surface area contributed by atoms with Crippen molar-refractivity contribution in [3.63, 3.8) is 0 Å². The van der Waals surface area contributed by atoms with Crippen molar-refractivity contribution in [3.05, 3.63) is 35.4 Å². The number of hydrogen-bond acceptors (Lipinski definition) is 3. The quantitative estimate of drug-likeness (QED) is 0.821. The van der Waals surface area contributed by atoms with Gasteiger partial charge in [0, 0.05) is 37.0 Å². The van der Waals surface area contributed by atoms with Crippen LogP contribution in [0.2, 0.25) is 0 Å². The Balaban J connectivity index is 0.00000288. The molecular formula is C17H23ClF2N2O2. The predicted molar refractivity (Wildman–Crippen MR) is 90.2 cm³/mol. The Morgan fingerprint density at radius 1 is 1.25 bits per heavy atom. The van der Waals surface area contributed by atoms with E-state index in [2.05, 4.69) is 0 Å². The van der Waals surface area contributed by atoms with E-state index in [1.54, 1.807) is 4.90 Å². The molecule has 1 aliphatic heterocycles. The maximum Gasteiger partial charge on any atom is 0.223 e. The first-order valence-corrected chi connectivity index (χ1v) is 7.93. The number of halogens is 3. The minimum atomic E-state index is -1.06. The monoisotopic (exact) mass is 360 g/mol. The highest BCUT2D eigenvalue weighted by Gasteiger charge is 2.29. The number of piperidine rings is 1.